The van der Waals surface area contributed by atoms with Gasteiger partial charge in [0.05, 0.1) is 24.1 Å². The molecule has 0 aliphatic carbocycles. The summed E-state index contributed by atoms with van der Waals surface area (Å²) in [5.74, 6) is 1.92. The van der Waals surface area contributed by atoms with Crippen molar-refractivity contribution in [3.8, 4) is 22.9 Å². The fourth-order valence-electron chi connectivity index (χ4n) is 2.65. The van der Waals surface area contributed by atoms with Crippen LogP contribution in [0.5, 0.6) is 11.6 Å². The number of nitrogens with zero attached hydrogens (tertiary/aromatic N) is 3. The van der Waals surface area contributed by atoms with E-state index >= 15 is 0 Å². The number of rotatable bonds is 8. The number of methoxy groups -OCH3 is 1. The Labute approximate surface area is 150 Å². The van der Waals surface area contributed by atoms with Gasteiger partial charge in [0.25, 0.3) is 5.88 Å². The lowest BCUT2D eigenvalue weighted by molar-refractivity contribution is 0.185. The summed E-state index contributed by atoms with van der Waals surface area (Å²) in [6, 6.07) is 1.91. The van der Waals surface area contributed by atoms with E-state index in [1.54, 1.807) is 13.3 Å². The molecule has 0 amide bonds. The molecule has 2 aromatic rings. The molecule has 1 N–H and O–H groups in total. The van der Waals surface area contributed by atoms with Crippen LogP contribution >= 0.6 is 0 Å². The van der Waals surface area contributed by atoms with Crippen molar-refractivity contribution in [1.29, 1.82) is 0 Å². The number of aromatic nitrogens is 3. The van der Waals surface area contributed by atoms with Crippen molar-refractivity contribution in [2.24, 2.45) is 0 Å². The van der Waals surface area contributed by atoms with Crippen LogP contribution in [0.25, 0.3) is 11.3 Å². The number of anilines is 1. The van der Waals surface area contributed by atoms with Gasteiger partial charge < -0.3 is 14.8 Å². The van der Waals surface area contributed by atoms with Crippen LogP contribution in [0.4, 0.5) is 5.82 Å². The van der Waals surface area contributed by atoms with Crippen LogP contribution in [-0.2, 0) is 6.42 Å². The molecule has 25 heavy (non-hydrogen) atoms. The largest absolute Gasteiger partial charge is 0.496 e. The number of ether oxygens (including phenoxy) is 2. The zero-order valence-electron chi connectivity index (χ0n) is 16.0. The molecule has 0 aliphatic rings. The second-order valence-electron chi connectivity index (χ2n) is 5.86. The van der Waals surface area contributed by atoms with Crippen molar-refractivity contribution in [2.75, 3.05) is 19.5 Å². The van der Waals surface area contributed by atoms with E-state index in [2.05, 4.69) is 31.1 Å². The highest BCUT2D eigenvalue weighted by Crippen LogP contribution is 2.34. The minimum absolute atomic E-state index is 0.132. The minimum Gasteiger partial charge on any atom is -0.496 e. The van der Waals surface area contributed by atoms with Crippen molar-refractivity contribution in [3.63, 3.8) is 0 Å². The first-order valence-electron chi connectivity index (χ1n) is 8.84. The average molecular weight is 344 g/mol. The zero-order valence-corrected chi connectivity index (χ0v) is 16.0. The van der Waals surface area contributed by atoms with Crippen molar-refractivity contribution >= 4 is 5.82 Å². The Bertz CT molecular complexity index is 715. The van der Waals surface area contributed by atoms with Gasteiger partial charge in [0.15, 0.2) is 5.82 Å². The molecular formula is C19H28N4O2. The summed E-state index contributed by atoms with van der Waals surface area (Å²) < 4.78 is 11.6. The topological polar surface area (TPSA) is 69.2 Å². The van der Waals surface area contributed by atoms with Gasteiger partial charge in [-0.15, -0.1) is 0 Å². The summed E-state index contributed by atoms with van der Waals surface area (Å²) in [7, 11) is 3.48. The van der Waals surface area contributed by atoms with E-state index in [0.717, 1.165) is 47.7 Å². The van der Waals surface area contributed by atoms with Crippen LogP contribution in [-0.4, -0.2) is 35.2 Å². The molecule has 2 rings (SSSR count). The molecular weight excluding hydrogens is 316 g/mol. The van der Waals surface area contributed by atoms with Crippen molar-refractivity contribution < 1.29 is 9.47 Å². The van der Waals surface area contributed by atoms with Crippen molar-refractivity contribution in [1.82, 2.24) is 15.0 Å². The van der Waals surface area contributed by atoms with E-state index in [4.69, 9.17) is 19.4 Å². The second-order valence-corrected chi connectivity index (χ2v) is 5.86. The quantitative estimate of drug-likeness (QED) is 0.780. The Kier molecular flexibility index (Phi) is 6.56. The van der Waals surface area contributed by atoms with E-state index in [9.17, 15) is 0 Å². The number of hydrogen-bond donors (Lipinski definition) is 1. The molecule has 0 saturated heterocycles. The number of aryl methyl sites for hydroxylation is 2. The van der Waals surface area contributed by atoms with Gasteiger partial charge in [0, 0.05) is 25.0 Å². The first-order valence-corrected chi connectivity index (χ1v) is 8.84. The molecule has 6 heteroatoms. The van der Waals surface area contributed by atoms with Crippen molar-refractivity contribution in [2.45, 2.75) is 53.1 Å². The Morgan fingerprint density at radius 2 is 1.88 bits per heavy atom. The molecule has 0 fully saturated rings. The predicted octanol–water partition coefficient (Wildman–Crippen LogP) is 4.03. The zero-order chi connectivity index (χ0) is 18.4. The van der Waals surface area contributed by atoms with Crippen LogP contribution in [0.2, 0.25) is 0 Å². The van der Waals surface area contributed by atoms with Gasteiger partial charge in [-0.3, -0.25) is 4.98 Å². The maximum Gasteiger partial charge on any atom is 0.257 e. The van der Waals surface area contributed by atoms with E-state index in [1.165, 1.54) is 0 Å². The summed E-state index contributed by atoms with van der Waals surface area (Å²) in [6.45, 7) is 8.21. The summed E-state index contributed by atoms with van der Waals surface area (Å²) in [4.78, 5) is 13.9. The van der Waals surface area contributed by atoms with Gasteiger partial charge in [-0.05, 0) is 26.2 Å². The fourth-order valence-corrected chi connectivity index (χ4v) is 2.65. The lowest BCUT2D eigenvalue weighted by Crippen LogP contribution is -2.17. The van der Waals surface area contributed by atoms with Gasteiger partial charge >= 0.3 is 0 Å². The van der Waals surface area contributed by atoms with Crippen LogP contribution in [0.15, 0.2) is 12.3 Å². The molecule has 0 unspecified atom stereocenters. The molecule has 0 bridgehead atoms. The van der Waals surface area contributed by atoms with Crippen molar-refractivity contribution in [3.05, 3.63) is 23.7 Å². The molecule has 0 aromatic carbocycles. The molecule has 6 nitrogen and oxygen atoms in total. The number of nitrogens with one attached hydrogen (secondary N) is 1. The van der Waals surface area contributed by atoms with E-state index in [0.29, 0.717) is 11.7 Å². The van der Waals surface area contributed by atoms with E-state index in [-0.39, 0.29) is 6.10 Å². The first kappa shape index (κ1) is 19.0. The average Bonchev–Trinajstić information content (AvgIpc) is 2.65. The van der Waals surface area contributed by atoms with Crippen LogP contribution in [0, 0.1) is 6.92 Å². The SMILES string of the molecule is CCc1nc(OC(CC)CC)c(NC)nc1-c1cnc(C)cc1OC. The van der Waals surface area contributed by atoms with Crippen LogP contribution < -0.4 is 14.8 Å². The molecule has 136 valence electrons. The Hall–Kier alpha value is -2.37. The second kappa shape index (κ2) is 8.65. The first-order chi connectivity index (χ1) is 12.1. The standard InChI is InChI=1S/C19H28N4O2/c1-7-13(8-2)25-19-18(20-5)23-17(15(9-3)22-19)14-11-21-12(4)10-16(14)24-6/h10-11,13H,7-9H2,1-6H3,(H,20,23). The molecule has 2 aromatic heterocycles. The minimum atomic E-state index is 0.132. The smallest absolute Gasteiger partial charge is 0.257 e. The summed E-state index contributed by atoms with van der Waals surface area (Å²) in [5.41, 5.74) is 3.37. The van der Waals surface area contributed by atoms with Gasteiger partial charge in [0.2, 0.25) is 0 Å². The molecule has 2 heterocycles. The van der Waals surface area contributed by atoms with Crippen LogP contribution in [0.1, 0.15) is 45.0 Å². The summed E-state index contributed by atoms with van der Waals surface area (Å²) >= 11 is 0. The number of pyridine rings is 1. The normalized spacial score (nSPS) is 10.8. The maximum absolute atomic E-state index is 6.06. The maximum atomic E-state index is 6.06. The Balaban J connectivity index is 2.56. The molecule has 0 saturated carbocycles. The third-order valence-corrected chi connectivity index (χ3v) is 4.17. The highest BCUT2D eigenvalue weighted by atomic mass is 16.5. The van der Waals surface area contributed by atoms with Gasteiger partial charge in [0.1, 0.15) is 11.9 Å². The molecule has 0 aliphatic heterocycles. The van der Waals surface area contributed by atoms with Gasteiger partial charge in [-0.1, -0.05) is 20.8 Å². The fraction of sp³-hybridized carbons (Fsp3) is 0.526. The highest BCUT2D eigenvalue weighted by molar-refractivity contribution is 5.70. The van der Waals surface area contributed by atoms with Gasteiger partial charge in [-0.2, -0.15) is 0 Å². The third-order valence-electron chi connectivity index (χ3n) is 4.17. The monoisotopic (exact) mass is 344 g/mol. The molecule has 0 atom stereocenters. The van der Waals surface area contributed by atoms with Crippen LogP contribution in [0.3, 0.4) is 0 Å². The summed E-state index contributed by atoms with van der Waals surface area (Å²) in [5, 5.41) is 3.10. The van der Waals surface area contributed by atoms with E-state index in [1.807, 2.05) is 20.0 Å². The Morgan fingerprint density at radius 3 is 2.44 bits per heavy atom. The number of hydrogen-bond acceptors (Lipinski definition) is 6. The lowest BCUT2D eigenvalue weighted by Gasteiger charge is -2.19. The van der Waals surface area contributed by atoms with E-state index < -0.39 is 0 Å². The molecule has 0 radical (unpaired) electrons. The summed E-state index contributed by atoms with van der Waals surface area (Å²) in [6.07, 6.45) is 4.52. The predicted molar refractivity (Wildman–Crippen MR) is 100 cm³/mol. The lowest BCUT2D eigenvalue weighted by atomic mass is 10.1. The third kappa shape index (κ3) is 4.18. The van der Waals surface area contributed by atoms with Gasteiger partial charge in [-0.25, -0.2) is 9.97 Å². The molecule has 0 spiro atoms. The Morgan fingerprint density at radius 1 is 1.16 bits per heavy atom. The highest BCUT2D eigenvalue weighted by Gasteiger charge is 2.19.